The number of nitrogens with zero attached hydrogens (tertiary/aromatic N) is 2. The van der Waals surface area contributed by atoms with Crippen LogP contribution in [0.4, 0.5) is 11.4 Å². The molecule has 1 aliphatic rings. The van der Waals surface area contributed by atoms with Crippen LogP contribution < -0.4 is 4.90 Å². The van der Waals surface area contributed by atoms with Crippen molar-refractivity contribution in [3.8, 4) is 0 Å². The highest BCUT2D eigenvalue weighted by molar-refractivity contribution is 6.14. The molecule has 1 heterocycles. The average molecular weight is 447 g/mol. The summed E-state index contributed by atoms with van der Waals surface area (Å²) in [5, 5.41) is 0. The first-order chi connectivity index (χ1) is 16.6. The number of para-hydroxylation sites is 2. The quantitative estimate of drug-likeness (QED) is 0.372. The Labute approximate surface area is 200 Å². The maximum Gasteiger partial charge on any atom is 0.259 e. The molecule has 34 heavy (non-hydrogen) atoms. The van der Waals surface area contributed by atoms with E-state index in [2.05, 4.69) is 12.1 Å². The minimum atomic E-state index is -0.732. The molecule has 4 nitrogen and oxygen atoms in total. The molecular weight excluding hydrogens is 420 g/mol. The Morgan fingerprint density at radius 1 is 0.706 bits per heavy atom. The summed E-state index contributed by atoms with van der Waals surface area (Å²) in [6.07, 6.45) is 0.662. The van der Waals surface area contributed by atoms with Crippen molar-refractivity contribution >= 4 is 23.2 Å². The first kappa shape index (κ1) is 21.7. The van der Waals surface area contributed by atoms with Crippen LogP contribution in [0, 0.1) is 6.92 Å². The van der Waals surface area contributed by atoms with Gasteiger partial charge in [-0.15, -0.1) is 0 Å². The Balaban J connectivity index is 1.65. The Hall–Kier alpha value is -4.18. The number of aryl methyl sites for hydroxylation is 1. The molecule has 2 amide bonds. The maximum atomic E-state index is 14.3. The van der Waals surface area contributed by atoms with E-state index in [4.69, 9.17) is 0 Å². The summed E-state index contributed by atoms with van der Waals surface area (Å²) >= 11 is 0. The number of fused-ring (bicyclic) bond motifs is 1. The molecule has 0 fully saturated rings. The van der Waals surface area contributed by atoms with Gasteiger partial charge in [-0.05, 0) is 48.7 Å². The number of carbonyl (C=O) groups excluding carboxylic acids is 2. The molecule has 5 rings (SSSR count). The molecule has 0 spiro atoms. The van der Waals surface area contributed by atoms with Gasteiger partial charge in [0, 0.05) is 12.2 Å². The lowest BCUT2D eigenvalue weighted by atomic mass is 10.0. The molecule has 0 aliphatic carbocycles. The van der Waals surface area contributed by atoms with E-state index in [0.717, 1.165) is 22.4 Å². The van der Waals surface area contributed by atoms with Gasteiger partial charge in [0.05, 0.1) is 11.3 Å². The van der Waals surface area contributed by atoms with Gasteiger partial charge in [0.1, 0.15) is 6.04 Å². The van der Waals surface area contributed by atoms with Gasteiger partial charge in [-0.3, -0.25) is 14.5 Å². The van der Waals surface area contributed by atoms with Crippen molar-refractivity contribution in [3.63, 3.8) is 0 Å². The van der Waals surface area contributed by atoms with Crippen LogP contribution in [0.3, 0.4) is 0 Å². The van der Waals surface area contributed by atoms with Crippen LogP contribution in [0.1, 0.15) is 33.1 Å². The van der Waals surface area contributed by atoms with Crippen LogP contribution in [-0.4, -0.2) is 23.3 Å². The summed E-state index contributed by atoms with van der Waals surface area (Å²) in [5.74, 6) is -0.273. The van der Waals surface area contributed by atoms with Crippen LogP contribution in [0.5, 0.6) is 0 Å². The molecule has 0 N–H and O–H groups in total. The Bertz CT molecular complexity index is 1300. The molecule has 4 aromatic rings. The van der Waals surface area contributed by atoms with Gasteiger partial charge in [0.15, 0.2) is 0 Å². The molecular formula is C30H26N2O2. The second-order valence-corrected chi connectivity index (χ2v) is 8.57. The number of amides is 2. The lowest BCUT2D eigenvalue weighted by molar-refractivity contribution is -0.122. The molecule has 0 aromatic heterocycles. The van der Waals surface area contributed by atoms with E-state index in [1.165, 1.54) is 0 Å². The highest BCUT2D eigenvalue weighted by Crippen LogP contribution is 2.38. The molecule has 168 valence electrons. The van der Waals surface area contributed by atoms with Crippen molar-refractivity contribution in [2.75, 3.05) is 11.4 Å². The largest absolute Gasteiger partial charge is 0.322 e. The first-order valence-corrected chi connectivity index (χ1v) is 11.5. The monoisotopic (exact) mass is 446 g/mol. The van der Waals surface area contributed by atoms with E-state index in [1.54, 1.807) is 9.80 Å². The van der Waals surface area contributed by atoms with Crippen LogP contribution in [0.2, 0.25) is 0 Å². The molecule has 0 bridgehead atoms. The van der Waals surface area contributed by atoms with Crippen LogP contribution in [-0.2, 0) is 11.2 Å². The number of anilines is 2. The van der Waals surface area contributed by atoms with Gasteiger partial charge in [0.2, 0.25) is 0 Å². The summed E-state index contributed by atoms with van der Waals surface area (Å²) in [4.78, 5) is 31.7. The van der Waals surface area contributed by atoms with Crippen molar-refractivity contribution in [1.29, 1.82) is 0 Å². The van der Waals surface area contributed by atoms with E-state index >= 15 is 0 Å². The van der Waals surface area contributed by atoms with E-state index < -0.39 is 6.04 Å². The standard InChI is InChI=1S/C30H26N2O2/c1-22-16-18-24(19-17-22)28-30(34)32(25-12-6-3-7-13-25)27-15-9-8-14-26(27)29(33)31(28)21-20-23-10-4-2-5-11-23/h2-19,28H,20-21H2,1H3. The molecule has 0 saturated heterocycles. The van der Waals surface area contributed by atoms with Crippen molar-refractivity contribution in [2.24, 2.45) is 0 Å². The van der Waals surface area contributed by atoms with Gasteiger partial charge in [-0.2, -0.15) is 0 Å². The van der Waals surface area contributed by atoms with Crippen molar-refractivity contribution in [1.82, 2.24) is 4.90 Å². The Kier molecular flexibility index (Phi) is 5.96. The molecule has 4 aromatic carbocycles. The topological polar surface area (TPSA) is 40.6 Å². The number of carbonyl (C=O) groups is 2. The van der Waals surface area contributed by atoms with Crippen molar-refractivity contribution < 1.29 is 9.59 Å². The minimum absolute atomic E-state index is 0.135. The van der Waals surface area contributed by atoms with Gasteiger partial charge in [-0.25, -0.2) is 0 Å². The second-order valence-electron chi connectivity index (χ2n) is 8.57. The van der Waals surface area contributed by atoms with E-state index in [-0.39, 0.29) is 11.8 Å². The summed E-state index contributed by atoms with van der Waals surface area (Å²) < 4.78 is 0. The average Bonchev–Trinajstić information content (AvgIpc) is 2.97. The van der Waals surface area contributed by atoms with Gasteiger partial charge >= 0.3 is 0 Å². The lowest BCUT2D eigenvalue weighted by Gasteiger charge is -2.31. The molecule has 1 atom stereocenters. The number of hydrogen-bond donors (Lipinski definition) is 0. The van der Waals surface area contributed by atoms with Crippen LogP contribution in [0.25, 0.3) is 0 Å². The third kappa shape index (κ3) is 4.11. The number of hydrogen-bond acceptors (Lipinski definition) is 2. The maximum absolute atomic E-state index is 14.3. The normalized spacial score (nSPS) is 15.7. The van der Waals surface area contributed by atoms with Gasteiger partial charge in [-0.1, -0.05) is 90.5 Å². The fourth-order valence-electron chi connectivity index (χ4n) is 4.54. The van der Waals surface area contributed by atoms with Gasteiger partial charge in [0.25, 0.3) is 11.8 Å². The molecule has 4 heteroatoms. The zero-order chi connectivity index (χ0) is 23.5. The van der Waals surface area contributed by atoms with E-state index in [1.807, 2.05) is 104 Å². The highest BCUT2D eigenvalue weighted by Gasteiger charge is 2.40. The predicted molar refractivity (Wildman–Crippen MR) is 135 cm³/mol. The first-order valence-electron chi connectivity index (χ1n) is 11.5. The fourth-order valence-corrected chi connectivity index (χ4v) is 4.54. The van der Waals surface area contributed by atoms with Crippen LogP contribution in [0.15, 0.2) is 109 Å². The van der Waals surface area contributed by atoms with Crippen LogP contribution >= 0.6 is 0 Å². The smallest absolute Gasteiger partial charge is 0.259 e. The second kappa shape index (κ2) is 9.36. The van der Waals surface area contributed by atoms with E-state index in [9.17, 15) is 9.59 Å². The molecule has 1 aliphatic heterocycles. The molecule has 0 saturated carbocycles. The summed E-state index contributed by atoms with van der Waals surface area (Å²) in [5.41, 5.74) is 4.93. The summed E-state index contributed by atoms with van der Waals surface area (Å²) in [6, 6.07) is 34.2. The number of rotatable bonds is 5. The van der Waals surface area contributed by atoms with Crippen molar-refractivity contribution in [3.05, 3.63) is 131 Å². The SMILES string of the molecule is Cc1ccc(C2C(=O)N(c3ccccc3)c3ccccc3C(=O)N2CCc2ccccc2)cc1. The lowest BCUT2D eigenvalue weighted by Crippen LogP contribution is -2.42. The highest BCUT2D eigenvalue weighted by atomic mass is 16.2. The molecule has 0 radical (unpaired) electrons. The third-order valence-corrected chi connectivity index (χ3v) is 6.29. The van der Waals surface area contributed by atoms with Crippen molar-refractivity contribution in [2.45, 2.75) is 19.4 Å². The third-order valence-electron chi connectivity index (χ3n) is 6.29. The Morgan fingerprint density at radius 2 is 1.32 bits per heavy atom. The zero-order valence-electron chi connectivity index (χ0n) is 19.1. The summed E-state index contributed by atoms with van der Waals surface area (Å²) in [7, 11) is 0. The fraction of sp³-hybridized carbons (Fsp3) is 0.133. The Morgan fingerprint density at radius 3 is 2.03 bits per heavy atom. The predicted octanol–water partition coefficient (Wildman–Crippen LogP) is 6.10. The molecule has 1 unspecified atom stereocenters. The summed E-state index contributed by atoms with van der Waals surface area (Å²) in [6.45, 7) is 2.45. The zero-order valence-corrected chi connectivity index (χ0v) is 19.1. The van der Waals surface area contributed by atoms with Gasteiger partial charge < -0.3 is 4.90 Å². The number of benzene rings is 4. The minimum Gasteiger partial charge on any atom is -0.322 e. The van der Waals surface area contributed by atoms with E-state index in [0.29, 0.717) is 24.2 Å².